The Hall–Kier alpha value is -1.35. The molecule has 2 unspecified atom stereocenters. The van der Waals surface area contributed by atoms with Crippen LogP contribution < -0.4 is 0 Å². The summed E-state index contributed by atoms with van der Waals surface area (Å²) >= 11 is 1.77. The molecule has 3 heteroatoms. The van der Waals surface area contributed by atoms with Gasteiger partial charge in [-0.1, -0.05) is 24.3 Å². The van der Waals surface area contributed by atoms with Crippen molar-refractivity contribution >= 4 is 11.8 Å². The van der Waals surface area contributed by atoms with Gasteiger partial charge in [-0.3, -0.25) is 0 Å². The van der Waals surface area contributed by atoms with Crippen molar-refractivity contribution in [2.45, 2.75) is 24.3 Å². The molecular weight excluding hydrogens is 262 g/mol. The van der Waals surface area contributed by atoms with E-state index in [9.17, 15) is 8.78 Å². The highest BCUT2D eigenvalue weighted by molar-refractivity contribution is 7.99. The zero-order chi connectivity index (χ0) is 13.8. The Morgan fingerprint density at radius 1 is 0.684 bits per heavy atom. The van der Waals surface area contributed by atoms with Crippen molar-refractivity contribution in [3.63, 3.8) is 0 Å². The van der Waals surface area contributed by atoms with Crippen LogP contribution in [-0.4, -0.2) is 0 Å². The van der Waals surface area contributed by atoms with Gasteiger partial charge < -0.3 is 0 Å². The summed E-state index contributed by atoms with van der Waals surface area (Å²) in [6, 6.07) is 13.2. The monoisotopic (exact) mass is 278 g/mol. The van der Waals surface area contributed by atoms with Crippen molar-refractivity contribution in [2.24, 2.45) is 0 Å². The Morgan fingerprint density at radius 2 is 1.00 bits per heavy atom. The first-order chi connectivity index (χ1) is 9.06. The van der Waals surface area contributed by atoms with E-state index in [1.165, 1.54) is 24.3 Å². The second kappa shape index (κ2) is 6.20. The summed E-state index contributed by atoms with van der Waals surface area (Å²) in [6.07, 6.45) is 0. The minimum Gasteiger partial charge on any atom is -0.207 e. The second-order valence-electron chi connectivity index (χ2n) is 4.52. The Balaban J connectivity index is 2.03. The smallest absolute Gasteiger partial charge is 0.123 e. The van der Waals surface area contributed by atoms with Crippen LogP contribution in [0.5, 0.6) is 0 Å². The number of benzene rings is 2. The molecule has 0 N–H and O–H groups in total. The van der Waals surface area contributed by atoms with Gasteiger partial charge in [-0.25, -0.2) is 8.78 Å². The molecule has 0 nitrogen and oxygen atoms in total. The number of rotatable bonds is 4. The maximum Gasteiger partial charge on any atom is 0.123 e. The Kier molecular flexibility index (Phi) is 4.59. The van der Waals surface area contributed by atoms with Gasteiger partial charge in [-0.05, 0) is 49.2 Å². The fraction of sp³-hybridized carbons (Fsp3) is 0.250. The van der Waals surface area contributed by atoms with Crippen LogP contribution in [0.2, 0.25) is 0 Å². The third-order valence-corrected chi connectivity index (χ3v) is 4.45. The first-order valence-electron chi connectivity index (χ1n) is 6.22. The first-order valence-corrected chi connectivity index (χ1v) is 7.17. The van der Waals surface area contributed by atoms with Crippen LogP contribution in [0.15, 0.2) is 48.5 Å². The molecule has 0 spiro atoms. The van der Waals surface area contributed by atoms with Crippen molar-refractivity contribution in [3.8, 4) is 0 Å². The summed E-state index contributed by atoms with van der Waals surface area (Å²) in [7, 11) is 0. The van der Waals surface area contributed by atoms with Crippen molar-refractivity contribution < 1.29 is 8.78 Å². The van der Waals surface area contributed by atoms with E-state index in [1.54, 1.807) is 11.8 Å². The highest BCUT2D eigenvalue weighted by atomic mass is 32.2. The van der Waals surface area contributed by atoms with Crippen LogP contribution in [0.4, 0.5) is 8.78 Å². The van der Waals surface area contributed by atoms with Crippen LogP contribution in [0.3, 0.4) is 0 Å². The van der Waals surface area contributed by atoms with E-state index < -0.39 is 0 Å². The van der Waals surface area contributed by atoms with E-state index >= 15 is 0 Å². The van der Waals surface area contributed by atoms with Crippen molar-refractivity contribution in [1.29, 1.82) is 0 Å². The van der Waals surface area contributed by atoms with Gasteiger partial charge >= 0.3 is 0 Å². The Labute approximate surface area is 116 Å². The normalized spacial score (nSPS) is 14.1. The zero-order valence-electron chi connectivity index (χ0n) is 10.9. The van der Waals surface area contributed by atoms with Crippen molar-refractivity contribution in [1.82, 2.24) is 0 Å². The molecule has 0 saturated heterocycles. The van der Waals surface area contributed by atoms with E-state index in [0.29, 0.717) is 0 Å². The SMILES string of the molecule is CC(SC(C)c1ccc(F)cc1)c1ccc(F)cc1. The van der Waals surface area contributed by atoms with Gasteiger partial charge in [-0.2, -0.15) is 0 Å². The van der Waals surface area contributed by atoms with Crippen molar-refractivity contribution in [3.05, 3.63) is 71.3 Å². The molecule has 0 bridgehead atoms. The summed E-state index contributed by atoms with van der Waals surface area (Å²) in [5.74, 6) is -0.430. The standard InChI is InChI=1S/C16H16F2S/c1-11(13-3-7-15(17)8-4-13)19-12(2)14-5-9-16(18)10-6-14/h3-12H,1-2H3. The lowest BCUT2D eigenvalue weighted by Crippen LogP contribution is -1.94. The highest BCUT2D eigenvalue weighted by Gasteiger charge is 2.13. The van der Waals surface area contributed by atoms with Gasteiger partial charge in [-0.15, -0.1) is 11.8 Å². The van der Waals surface area contributed by atoms with Crippen LogP contribution in [0, 0.1) is 11.6 Å². The van der Waals surface area contributed by atoms with Gasteiger partial charge in [0.2, 0.25) is 0 Å². The summed E-state index contributed by atoms with van der Waals surface area (Å²) in [5, 5.41) is 0.529. The third-order valence-electron chi connectivity index (χ3n) is 3.09. The molecule has 0 aliphatic heterocycles. The lowest BCUT2D eigenvalue weighted by molar-refractivity contribution is 0.627. The van der Waals surface area contributed by atoms with E-state index in [-0.39, 0.29) is 22.1 Å². The van der Waals surface area contributed by atoms with Crippen LogP contribution >= 0.6 is 11.8 Å². The molecule has 0 radical (unpaired) electrons. The molecule has 2 atom stereocenters. The van der Waals surface area contributed by atoms with Gasteiger partial charge in [0.15, 0.2) is 0 Å². The lowest BCUT2D eigenvalue weighted by atomic mass is 10.1. The average molecular weight is 278 g/mol. The lowest BCUT2D eigenvalue weighted by Gasteiger charge is -2.18. The summed E-state index contributed by atoms with van der Waals surface area (Å²) in [4.78, 5) is 0. The van der Waals surface area contributed by atoms with Gasteiger partial charge in [0.05, 0.1) is 0 Å². The molecule has 0 fully saturated rings. The number of thioether (sulfide) groups is 1. The zero-order valence-corrected chi connectivity index (χ0v) is 11.8. The molecule has 2 aromatic carbocycles. The van der Waals surface area contributed by atoms with Gasteiger partial charge in [0.25, 0.3) is 0 Å². The quantitative estimate of drug-likeness (QED) is 0.709. The van der Waals surface area contributed by atoms with Gasteiger partial charge in [0, 0.05) is 10.5 Å². The summed E-state index contributed by atoms with van der Waals surface area (Å²) in [5.41, 5.74) is 2.20. The summed E-state index contributed by atoms with van der Waals surface area (Å²) in [6.45, 7) is 4.19. The topological polar surface area (TPSA) is 0 Å². The van der Waals surface area contributed by atoms with Crippen LogP contribution in [-0.2, 0) is 0 Å². The van der Waals surface area contributed by atoms with Gasteiger partial charge in [0.1, 0.15) is 11.6 Å². The van der Waals surface area contributed by atoms with E-state index in [1.807, 2.05) is 24.3 Å². The minimum absolute atomic E-state index is 0.215. The largest absolute Gasteiger partial charge is 0.207 e. The fourth-order valence-electron chi connectivity index (χ4n) is 1.93. The van der Waals surface area contributed by atoms with Crippen molar-refractivity contribution in [2.75, 3.05) is 0 Å². The molecule has 0 saturated carbocycles. The molecule has 0 heterocycles. The second-order valence-corrected chi connectivity index (χ2v) is 6.21. The minimum atomic E-state index is -0.215. The number of hydrogen-bond acceptors (Lipinski definition) is 1. The summed E-state index contributed by atoms with van der Waals surface area (Å²) < 4.78 is 25.7. The molecule has 0 aromatic heterocycles. The maximum atomic E-state index is 12.9. The molecule has 2 aromatic rings. The predicted octanol–water partition coefficient (Wildman–Crippen LogP) is 5.52. The molecule has 19 heavy (non-hydrogen) atoms. The van der Waals surface area contributed by atoms with E-state index in [2.05, 4.69) is 13.8 Å². The maximum absolute atomic E-state index is 12.9. The average Bonchev–Trinajstić information content (AvgIpc) is 2.40. The molecule has 0 amide bonds. The highest BCUT2D eigenvalue weighted by Crippen LogP contribution is 2.39. The van der Waals surface area contributed by atoms with Crippen LogP contribution in [0.25, 0.3) is 0 Å². The molecular formula is C16H16F2S. The van der Waals surface area contributed by atoms with E-state index in [4.69, 9.17) is 0 Å². The first kappa shape index (κ1) is 14.1. The molecule has 100 valence electrons. The Bertz CT molecular complexity index is 470. The fourth-order valence-corrected chi connectivity index (χ4v) is 3.17. The molecule has 0 aliphatic carbocycles. The third kappa shape index (κ3) is 3.80. The predicted molar refractivity (Wildman–Crippen MR) is 77.2 cm³/mol. The molecule has 0 aliphatic rings. The number of hydrogen-bond donors (Lipinski definition) is 0. The molecule has 2 rings (SSSR count). The Morgan fingerprint density at radius 3 is 1.32 bits per heavy atom. The number of halogens is 2. The van der Waals surface area contributed by atoms with Crippen LogP contribution in [0.1, 0.15) is 35.5 Å². The van der Waals surface area contributed by atoms with E-state index in [0.717, 1.165) is 11.1 Å².